The highest BCUT2D eigenvalue weighted by Gasteiger charge is 2.08. The Hall–Kier alpha value is -3.94. The summed E-state index contributed by atoms with van der Waals surface area (Å²) in [6.45, 7) is 1.94. The van der Waals surface area contributed by atoms with Crippen molar-refractivity contribution in [2.75, 3.05) is 17.6 Å². The minimum atomic E-state index is -0.487. The molecule has 1 aromatic heterocycles. The van der Waals surface area contributed by atoms with Gasteiger partial charge in [-0.15, -0.1) is 0 Å². The number of rotatable bonds is 7. The number of carbonyl (C=O) groups excluding carboxylic acids is 2. The number of hydrogen-bond acceptors (Lipinski definition) is 6. The third-order valence-corrected chi connectivity index (χ3v) is 4.16. The highest BCUT2D eigenvalue weighted by Crippen LogP contribution is 2.21. The molecule has 0 radical (unpaired) electrons. The number of nitrogens with zero attached hydrogens (tertiary/aromatic N) is 2. The second kappa shape index (κ2) is 8.83. The van der Waals surface area contributed by atoms with Crippen LogP contribution in [0.4, 0.5) is 11.5 Å². The lowest BCUT2D eigenvalue weighted by Crippen LogP contribution is -2.24. The average molecular weight is 390 g/mol. The Balaban J connectivity index is 1.63. The lowest BCUT2D eigenvalue weighted by Gasteiger charge is -2.09. The Morgan fingerprint density at radius 2 is 1.59 bits per heavy atom. The fraction of sp³-hybridized carbons (Fsp3) is 0.143. The normalized spacial score (nSPS) is 10.4. The summed E-state index contributed by atoms with van der Waals surface area (Å²) in [6, 6.07) is 16.5. The van der Waals surface area contributed by atoms with E-state index in [1.54, 1.807) is 25.1 Å². The number of aryl methyl sites for hydroxylation is 1. The van der Waals surface area contributed by atoms with Crippen LogP contribution in [0.1, 0.15) is 21.9 Å². The van der Waals surface area contributed by atoms with Crippen molar-refractivity contribution in [1.82, 2.24) is 15.3 Å². The molecule has 0 saturated heterocycles. The van der Waals surface area contributed by atoms with E-state index < -0.39 is 5.91 Å². The monoisotopic (exact) mass is 390 g/mol. The summed E-state index contributed by atoms with van der Waals surface area (Å²) in [5.74, 6) is 0.306. The van der Waals surface area contributed by atoms with E-state index in [0.29, 0.717) is 28.6 Å². The molecule has 0 aliphatic carbocycles. The Morgan fingerprint density at radius 3 is 2.21 bits per heavy atom. The highest BCUT2D eigenvalue weighted by atomic mass is 16.2. The molecular formula is C21H22N6O2. The fourth-order valence-corrected chi connectivity index (χ4v) is 2.75. The minimum Gasteiger partial charge on any atom is -0.399 e. The van der Waals surface area contributed by atoms with Gasteiger partial charge in [0.1, 0.15) is 11.6 Å². The zero-order chi connectivity index (χ0) is 20.8. The summed E-state index contributed by atoms with van der Waals surface area (Å²) >= 11 is 0. The van der Waals surface area contributed by atoms with Gasteiger partial charge in [0.25, 0.3) is 5.91 Å². The molecule has 29 heavy (non-hydrogen) atoms. The average Bonchev–Trinajstić information content (AvgIpc) is 2.71. The van der Waals surface area contributed by atoms with Crippen molar-refractivity contribution >= 4 is 23.3 Å². The van der Waals surface area contributed by atoms with Crippen molar-refractivity contribution in [2.45, 2.75) is 13.5 Å². The molecule has 6 N–H and O–H groups in total. The molecule has 2 amide bonds. The van der Waals surface area contributed by atoms with Gasteiger partial charge in [-0.3, -0.25) is 9.59 Å². The van der Waals surface area contributed by atoms with Crippen molar-refractivity contribution in [3.8, 4) is 11.1 Å². The van der Waals surface area contributed by atoms with Crippen LogP contribution in [-0.2, 0) is 11.3 Å². The van der Waals surface area contributed by atoms with Crippen molar-refractivity contribution in [3.63, 3.8) is 0 Å². The molecule has 1 heterocycles. The Kier molecular flexibility index (Phi) is 6.03. The third kappa shape index (κ3) is 5.52. The SMILES string of the molecule is Cc1nc(CNC(=O)c2ccc(-c3ccc(N)cc3)cc2)cc(NCC(N)=O)n1. The van der Waals surface area contributed by atoms with Gasteiger partial charge in [0.05, 0.1) is 18.8 Å². The Bertz CT molecular complexity index is 1020. The number of benzene rings is 2. The molecule has 3 rings (SSSR count). The van der Waals surface area contributed by atoms with Crippen molar-refractivity contribution in [1.29, 1.82) is 0 Å². The molecule has 148 valence electrons. The van der Waals surface area contributed by atoms with Crippen LogP contribution in [0.5, 0.6) is 0 Å². The maximum atomic E-state index is 12.4. The standard InChI is InChI=1S/C21H22N6O2/c1-13-26-18(10-20(27-13)24-12-19(23)28)11-25-21(29)16-4-2-14(3-5-16)15-6-8-17(22)9-7-15/h2-10H,11-12,22H2,1H3,(H2,23,28)(H,25,29)(H,24,26,27). The van der Waals surface area contributed by atoms with E-state index >= 15 is 0 Å². The second-order valence-corrected chi connectivity index (χ2v) is 6.49. The first kappa shape index (κ1) is 19.8. The number of nitrogens with one attached hydrogen (secondary N) is 2. The molecule has 3 aromatic rings. The number of hydrogen-bond donors (Lipinski definition) is 4. The van der Waals surface area contributed by atoms with E-state index in [4.69, 9.17) is 11.5 Å². The number of aromatic nitrogens is 2. The summed E-state index contributed by atoms with van der Waals surface area (Å²) in [4.78, 5) is 31.8. The first-order chi connectivity index (χ1) is 13.9. The largest absolute Gasteiger partial charge is 0.399 e. The first-order valence-electron chi connectivity index (χ1n) is 9.01. The van der Waals surface area contributed by atoms with Crippen LogP contribution in [0, 0.1) is 6.92 Å². The molecule has 0 fully saturated rings. The van der Waals surface area contributed by atoms with Gasteiger partial charge in [-0.05, 0) is 42.3 Å². The predicted molar refractivity (Wildman–Crippen MR) is 112 cm³/mol. The fourth-order valence-electron chi connectivity index (χ4n) is 2.75. The van der Waals surface area contributed by atoms with Crippen LogP contribution in [-0.4, -0.2) is 28.3 Å². The van der Waals surface area contributed by atoms with Crippen molar-refractivity contribution in [3.05, 3.63) is 71.7 Å². The van der Waals surface area contributed by atoms with E-state index in [1.807, 2.05) is 36.4 Å². The van der Waals surface area contributed by atoms with Crippen LogP contribution < -0.4 is 22.1 Å². The Labute approximate surface area is 168 Å². The summed E-state index contributed by atoms with van der Waals surface area (Å²) in [7, 11) is 0. The number of nitrogen functional groups attached to an aromatic ring is 1. The maximum Gasteiger partial charge on any atom is 0.251 e. The molecule has 0 unspecified atom stereocenters. The summed E-state index contributed by atoms with van der Waals surface area (Å²) in [6.07, 6.45) is 0. The van der Waals surface area contributed by atoms with Gasteiger partial charge in [-0.25, -0.2) is 9.97 Å². The van der Waals surface area contributed by atoms with Crippen LogP contribution in [0.15, 0.2) is 54.6 Å². The van der Waals surface area contributed by atoms with E-state index in [9.17, 15) is 9.59 Å². The van der Waals surface area contributed by atoms with Crippen LogP contribution >= 0.6 is 0 Å². The highest BCUT2D eigenvalue weighted by molar-refractivity contribution is 5.94. The molecule has 8 heteroatoms. The first-order valence-corrected chi connectivity index (χ1v) is 9.01. The van der Waals surface area contributed by atoms with E-state index in [2.05, 4.69) is 20.6 Å². The predicted octanol–water partition coefficient (Wildman–Crippen LogP) is 1.86. The van der Waals surface area contributed by atoms with Gasteiger partial charge in [0, 0.05) is 17.3 Å². The Morgan fingerprint density at radius 1 is 0.966 bits per heavy atom. The van der Waals surface area contributed by atoms with Gasteiger partial charge in [0.2, 0.25) is 5.91 Å². The molecular weight excluding hydrogens is 368 g/mol. The molecule has 0 atom stereocenters. The second-order valence-electron chi connectivity index (χ2n) is 6.49. The van der Waals surface area contributed by atoms with E-state index in [-0.39, 0.29) is 19.0 Å². The van der Waals surface area contributed by atoms with Crippen molar-refractivity contribution in [2.24, 2.45) is 5.73 Å². The van der Waals surface area contributed by atoms with Crippen LogP contribution in [0.25, 0.3) is 11.1 Å². The summed E-state index contributed by atoms with van der Waals surface area (Å²) in [5.41, 5.74) is 14.7. The smallest absolute Gasteiger partial charge is 0.251 e. The van der Waals surface area contributed by atoms with Crippen LogP contribution in [0.2, 0.25) is 0 Å². The minimum absolute atomic E-state index is 0.0252. The van der Waals surface area contributed by atoms with Gasteiger partial charge in [-0.2, -0.15) is 0 Å². The number of anilines is 2. The zero-order valence-electron chi connectivity index (χ0n) is 16.0. The molecule has 0 aliphatic rings. The van der Waals surface area contributed by atoms with Gasteiger partial charge >= 0.3 is 0 Å². The van der Waals surface area contributed by atoms with Gasteiger partial charge in [-0.1, -0.05) is 24.3 Å². The third-order valence-electron chi connectivity index (χ3n) is 4.16. The molecule has 0 bridgehead atoms. The number of carbonyl (C=O) groups is 2. The van der Waals surface area contributed by atoms with Gasteiger partial charge < -0.3 is 22.1 Å². The summed E-state index contributed by atoms with van der Waals surface area (Å²) in [5, 5.41) is 5.66. The number of nitrogens with two attached hydrogens (primary N) is 2. The zero-order valence-corrected chi connectivity index (χ0v) is 16.0. The molecule has 8 nitrogen and oxygen atoms in total. The lowest BCUT2D eigenvalue weighted by atomic mass is 10.0. The number of amides is 2. The lowest BCUT2D eigenvalue weighted by molar-refractivity contribution is -0.116. The van der Waals surface area contributed by atoms with Gasteiger partial charge in [0.15, 0.2) is 0 Å². The van der Waals surface area contributed by atoms with Crippen molar-refractivity contribution < 1.29 is 9.59 Å². The molecule has 0 saturated carbocycles. The van der Waals surface area contributed by atoms with E-state index in [1.165, 1.54) is 0 Å². The van der Waals surface area contributed by atoms with E-state index in [0.717, 1.165) is 11.1 Å². The maximum absolute atomic E-state index is 12.4. The van der Waals surface area contributed by atoms with Crippen LogP contribution in [0.3, 0.4) is 0 Å². The quantitative estimate of drug-likeness (QED) is 0.455. The topological polar surface area (TPSA) is 136 Å². The molecule has 2 aromatic carbocycles. The summed E-state index contributed by atoms with van der Waals surface area (Å²) < 4.78 is 0. The number of primary amides is 1. The molecule has 0 aliphatic heterocycles. The molecule has 0 spiro atoms.